The van der Waals surface area contributed by atoms with Crippen molar-refractivity contribution in [2.24, 2.45) is 11.7 Å². The first-order valence-electron chi connectivity index (χ1n) is 15.2. The number of benzene rings is 1. The molecular weight excluding hydrogens is 635 g/mol. The first kappa shape index (κ1) is 40.4. The zero-order valence-corrected chi connectivity index (χ0v) is 28.8. The van der Waals surface area contributed by atoms with Gasteiger partial charge in [-0.25, -0.2) is 13.2 Å². The van der Waals surface area contributed by atoms with E-state index in [-0.39, 0.29) is 37.0 Å². The summed E-state index contributed by atoms with van der Waals surface area (Å²) in [6.07, 6.45) is 2.71. The van der Waals surface area contributed by atoms with Crippen LogP contribution in [0.5, 0.6) is 0 Å². The Labute approximate surface area is 277 Å². The Kier molecular flexibility index (Phi) is 17.4. The lowest BCUT2D eigenvalue weighted by Gasteiger charge is -2.25. The Morgan fingerprint density at radius 2 is 1.63 bits per heavy atom. The SMILES string of the molecule is C=CS(=O)(=O)CCCCCC(=O)NC(C(=O)N[C@H](CCCCNC(N)=O)C(=O)Nc1ccc(COC(=O)C(C)(C)S)cc1)C(C)C. The van der Waals surface area contributed by atoms with E-state index in [0.717, 1.165) is 5.41 Å². The van der Waals surface area contributed by atoms with Gasteiger partial charge in [-0.05, 0) is 69.6 Å². The molecule has 13 nitrogen and oxygen atoms in total. The van der Waals surface area contributed by atoms with Crippen LogP contribution in [-0.2, 0) is 40.4 Å². The molecule has 0 radical (unpaired) electrons. The van der Waals surface area contributed by atoms with E-state index < -0.39 is 50.5 Å². The standard InChI is InChI=1S/C31H49N5O8S2/c1-6-46(42,43)19-11-7-8-13-25(37)36-26(21(2)3)28(39)35-24(12-9-10-18-33-30(32)41)27(38)34-23-16-14-22(15-17-23)20-44-29(40)31(4,5)45/h6,14-17,21,24,26,45H,1,7-13,18-20H2,2-5H3,(H,34,38)(H,35,39)(H,36,37)(H3,32,33,41)/t24-,26?/m1/s1. The lowest BCUT2D eigenvalue weighted by atomic mass is 10.0. The summed E-state index contributed by atoms with van der Waals surface area (Å²) in [7, 11) is -3.29. The summed E-state index contributed by atoms with van der Waals surface area (Å²) in [5.41, 5.74) is 6.27. The molecule has 46 heavy (non-hydrogen) atoms. The third-order valence-corrected chi connectivity index (χ3v) is 8.34. The van der Waals surface area contributed by atoms with Gasteiger partial charge in [0, 0.05) is 24.1 Å². The summed E-state index contributed by atoms with van der Waals surface area (Å²) in [4.78, 5) is 62.2. The first-order valence-corrected chi connectivity index (χ1v) is 17.4. The number of anilines is 1. The monoisotopic (exact) mass is 683 g/mol. The molecule has 0 aliphatic carbocycles. The summed E-state index contributed by atoms with van der Waals surface area (Å²) in [6.45, 7) is 10.4. The van der Waals surface area contributed by atoms with Crippen molar-refractivity contribution < 1.29 is 37.1 Å². The molecule has 0 fully saturated rings. The van der Waals surface area contributed by atoms with Crippen molar-refractivity contribution in [3.05, 3.63) is 41.8 Å². The van der Waals surface area contributed by atoms with Crippen LogP contribution in [0.25, 0.3) is 0 Å². The molecule has 6 N–H and O–H groups in total. The number of primary amides is 1. The van der Waals surface area contributed by atoms with Gasteiger partial charge in [0.25, 0.3) is 0 Å². The van der Waals surface area contributed by atoms with E-state index in [1.165, 1.54) is 0 Å². The summed E-state index contributed by atoms with van der Waals surface area (Å²) in [5, 5.41) is 11.7. The zero-order chi connectivity index (χ0) is 34.9. The Morgan fingerprint density at radius 3 is 2.20 bits per heavy atom. The van der Waals surface area contributed by atoms with Gasteiger partial charge in [-0.3, -0.25) is 19.2 Å². The van der Waals surface area contributed by atoms with Crippen LogP contribution in [0, 0.1) is 5.92 Å². The number of esters is 1. The van der Waals surface area contributed by atoms with Crippen LogP contribution in [0.4, 0.5) is 10.5 Å². The van der Waals surface area contributed by atoms with E-state index >= 15 is 0 Å². The van der Waals surface area contributed by atoms with Gasteiger partial charge in [-0.2, -0.15) is 12.6 Å². The van der Waals surface area contributed by atoms with Crippen LogP contribution in [0.1, 0.15) is 78.2 Å². The minimum absolute atomic E-state index is 0.0361. The second kappa shape index (κ2) is 19.8. The predicted octanol–water partition coefficient (Wildman–Crippen LogP) is 2.96. The van der Waals surface area contributed by atoms with Crippen molar-refractivity contribution in [1.29, 1.82) is 0 Å². The number of sulfone groups is 1. The second-order valence-corrected chi connectivity index (χ2v) is 15.0. The Balaban J connectivity index is 2.86. The van der Waals surface area contributed by atoms with E-state index in [1.54, 1.807) is 52.0 Å². The highest BCUT2D eigenvalue weighted by Crippen LogP contribution is 2.17. The normalized spacial score (nSPS) is 12.8. The molecule has 0 aliphatic heterocycles. The molecular formula is C31H49N5O8S2. The molecule has 5 amide bonds. The average molecular weight is 684 g/mol. The van der Waals surface area contributed by atoms with Crippen molar-refractivity contribution in [3.63, 3.8) is 0 Å². The predicted molar refractivity (Wildman–Crippen MR) is 181 cm³/mol. The molecule has 1 unspecified atom stereocenters. The number of urea groups is 1. The number of thiol groups is 1. The molecule has 1 rings (SSSR count). The summed E-state index contributed by atoms with van der Waals surface area (Å²) < 4.78 is 27.4. The van der Waals surface area contributed by atoms with E-state index in [4.69, 9.17) is 10.5 Å². The van der Waals surface area contributed by atoms with Gasteiger partial charge in [0.05, 0.1) is 5.75 Å². The highest BCUT2D eigenvalue weighted by Gasteiger charge is 2.29. The van der Waals surface area contributed by atoms with Crippen LogP contribution >= 0.6 is 12.6 Å². The van der Waals surface area contributed by atoms with Crippen molar-refractivity contribution in [1.82, 2.24) is 16.0 Å². The van der Waals surface area contributed by atoms with Gasteiger partial charge < -0.3 is 31.7 Å². The number of carbonyl (C=O) groups excluding carboxylic acids is 5. The fraction of sp³-hybridized carbons (Fsp3) is 0.581. The second-order valence-electron chi connectivity index (χ2n) is 11.8. The van der Waals surface area contributed by atoms with E-state index in [2.05, 4.69) is 40.5 Å². The van der Waals surface area contributed by atoms with Crippen LogP contribution in [-0.4, -0.2) is 67.3 Å². The number of carbonyl (C=O) groups is 5. The lowest BCUT2D eigenvalue weighted by molar-refractivity contribution is -0.146. The van der Waals surface area contributed by atoms with Gasteiger partial charge in [0.1, 0.15) is 23.4 Å². The highest BCUT2D eigenvalue weighted by atomic mass is 32.2. The van der Waals surface area contributed by atoms with E-state index in [1.807, 2.05) is 0 Å². The van der Waals surface area contributed by atoms with Crippen molar-refractivity contribution >= 4 is 57.9 Å². The number of ether oxygens (including phenoxy) is 1. The molecule has 0 saturated carbocycles. The molecule has 0 aliphatic rings. The maximum atomic E-state index is 13.3. The number of unbranched alkanes of at least 4 members (excludes halogenated alkanes) is 3. The minimum atomic E-state index is -3.29. The zero-order valence-electron chi connectivity index (χ0n) is 27.1. The molecule has 0 heterocycles. The lowest BCUT2D eigenvalue weighted by Crippen LogP contribution is -2.54. The number of hydrogen-bond donors (Lipinski definition) is 6. The molecule has 0 saturated heterocycles. The number of amides is 5. The van der Waals surface area contributed by atoms with Gasteiger partial charge >= 0.3 is 12.0 Å². The molecule has 1 aromatic carbocycles. The van der Waals surface area contributed by atoms with Crippen LogP contribution in [0.15, 0.2) is 36.3 Å². The number of rotatable bonds is 21. The van der Waals surface area contributed by atoms with Crippen molar-refractivity contribution in [2.75, 3.05) is 17.6 Å². The molecule has 0 aromatic heterocycles. The number of hydrogen-bond acceptors (Lipinski definition) is 9. The molecule has 15 heteroatoms. The smallest absolute Gasteiger partial charge is 0.321 e. The Bertz CT molecular complexity index is 1290. The summed E-state index contributed by atoms with van der Waals surface area (Å²) in [6, 6.07) is 4.15. The van der Waals surface area contributed by atoms with Gasteiger partial charge in [-0.1, -0.05) is 39.0 Å². The number of nitrogens with one attached hydrogen (secondary N) is 4. The van der Waals surface area contributed by atoms with Gasteiger partial charge in [0.2, 0.25) is 17.7 Å². The first-order chi connectivity index (χ1) is 21.4. The summed E-state index contributed by atoms with van der Waals surface area (Å²) >= 11 is 4.19. The number of nitrogens with two attached hydrogens (primary N) is 1. The Morgan fingerprint density at radius 1 is 0.978 bits per heavy atom. The van der Waals surface area contributed by atoms with Crippen molar-refractivity contribution in [3.8, 4) is 0 Å². The molecule has 2 atom stereocenters. The van der Waals surface area contributed by atoms with E-state index in [0.29, 0.717) is 49.9 Å². The highest BCUT2D eigenvalue weighted by molar-refractivity contribution is 7.94. The maximum absolute atomic E-state index is 13.3. The summed E-state index contributed by atoms with van der Waals surface area (Å²) in [5.74, 6) is -2.16. The molecule has 258 valence electrons. The molecule has 0 bridgehead atoms. The van der Waals surface area contributed by atoms with Crippen LogP contribution < -0.4 is 27.0 Å². The topological polar surface area (TPSA) is 203 Å². The molecule has 1 aromatic rings. The fourth-order valence-electron chi connectivity index (χ4n) is 4.08. The van der Waals surface area contributed by atoms with E-state index in [9.17, 15) is 32.4 Å². The molecule has 0 spiro atoms. The van der Waals surface area contributed by atoms with Gasteiger partial charge in [-0.15, -0.1) is 0 Å². The Hall–Kier alpha value is -3.59. The minimum Gasteiger partial charge on any atom is -0.460 e. The average Bonchev–Trinajstić information content (AvgIpc) is 2.97. The fourth-order valence-corrected chi connectivity index (χ4v) is 4.92. The van der Waals surface area contributed by atoms with Crippen molar-refractivity contribution in [2.45, 2.75) is 96.1 Å². The van der Waals surface area contributed by atoms with Gasteiger partial charge in [0.15, 0.2) is 9.84 Å². The third-order valence-electron chi connectivity index (χ3n) is 6.79. The van der Waals surface area contributed by atoms with Crippen LogP contribution in [0.3, 0.4) is 0 Å². The maximum Gasteiger partial charge on any atom is 0.321 e. The third kappa shape index (κ3) is 16.6. The van der Waals surface area contributed by atoms with Crippen LogP contribution in [0.2, 0.25) is 0 Å². The largest absolute Gasteiger partial charge is 0.460 e. The quantitative estimate of drug-likeness (QED) is 0.0645.